The fourth-order valence-electron chi connectivity index (χ4n) is 2.10. The maximum absolute atomic E-state index is 12.4. The van der Waals surface area contributed by atoms with Crippen LogP contribution in [0, 0.1) is 6.92 Å². The van der Waals surface area contributed by atoms with E-state index in [2.05, 4.69) is 5.32 Å². The van der Waals surface area contributed by atoms with Crippen LogP contribution in [0.25, 0.3) is 0 Å². The molecule has 1 aliphatic heterocycles. The number of ether oxygens (including phenoxy) is 1. The fraction of sp³-hybridized carbons (Fsp3) is 0.562. The molecule has 0 aliphatic carbocycles. The molecule has 0 aromatic heterocycles. The summed E-state index contributed by atoms with van der Waals surface area (Å²) in [7, 11) is -4.04. The molecule has 1 aromatic carbocycles. The summed E-state index contributed by atoms with van der Waals surface area (Å²) in [5, 5.41) is 3.01. The normalized spacial score (nSPS) is 19.7. The van der Waals surface area contributed by atoms with Crippen LogP contribution in [0.2, 0.25) is 0 Å². The van der Waals surface area contributed by atoms with Gasteiger partial charge >= 0.3 is 5.97 Å². The van der Waals surface area contributed by atoms with Crippen LogP contribution in [0.5, 0.6) is 0 Å². The number of hydrogen-bond donors (Lipinski definition) is 1. The molecule has 1 N–H and O–H groups in total. The summed E-state index contributed by atoms with van der Waals surface area (Å²) in [6, 6.07) is 5.93. The van der Waals surface area contributed by atoms with Crippen LogP contribution in [-0.4, -0.2) is 38.7 Å². The third-order valence-electron chi connectivity index (χ3n) is 3.41. The number of carbonyl (C=O) groups is 1. The van der Waals surface area contributed by atoms with Crippen LogP contribution in [-0.2, 0) is 23.8 Å². The van der Waals surface area contributed by atoms with Crippen molar-refractivity contribution in [1.82, 2.24) is 5.32 Å². The lowest BCUT2D eigenvalue weighted by Crippen LogP contribution is -2.56. The van der Waals surface area contributed by atoms with E-state index >= 15 is 0 Å². The Kier molecular flexibility index (Phi) is 5.13. The second-order valence-corrected chi connectivity index (χ2v) is 8.24. The molecular formula is C16H23NO5S. The molecule has 2 atom stereocenters. The highest BCUT2D eigenvalue weighted by molar-refractivity contribution is 7.86. The first-order chi connectivity index (χ1) is 10.6. The minimum atomic E-state index is -4.04. The van der Waals surface area contributed by atoms with Crippen LogP contribution >= 0.6 is 0 Å². The summed E-state index contributed by atoms with van der Waals surface area (Å²) < 4.78 is 35.3. The lowest BCUT2D eigenvalue weighted by molar-refractivity contribution is -0.165. The second kappa shape index (κ2) is 6.59. The molecule has 0 bridgehead atoms. The van der Waals surface area contributed by atoms with Crippen molar-refractivity contribution in [3.8, 4) is 0 Å². The number of aryl methyl sites for hydroxylation is 1. The number of nitrogens with one attached hydrogen (secondary N) is 1. The molecule has 1 fully saturated rings. The van der Waals surface area contributed by atoms with Crippen molar-refractivity contribution in [3.63, 3.8) is 0 Å². The fourth-order valence-corrected chi connectivity index (χ4v) is 3.16. The molecule has 23 heavy (non-hydrogen) atoms. The van der Waals surface area contributed by atoms with E-state index in [4.69, 9.17) is 8.92 Å². The highest BCUT2D eigenvalue weighted by Crippen LogP contribution is 2.22. The molecular weight excluding hydrogens is 318 g/mol. The van der Waals surface area contributed by atoms with Gasteiger partial charge in [0.15, 0.2) is 6.10 Å². The molecule has 0 amide bonds. The van der Waals surface area contributed by atoms with Crippen LogP contribution < -0.4 is 5.32 Å². The maximum Gasteiger partial charge on any atom is 0.338 e. The first kappa shape index (κ1) is 17.9. The summed E-state index contributed by atoms with van der Waals surface area (Å²) in [4.78, 5) is 12.3. The van der Waals surface area contributed by atoms with Crippen LogP contribution in [0.4, 0.5) is 0 Å². The Morgan fingerprint density at radius 2 is 1.83 bits per heavy atom. The third-order valence-corrected chi connectivity index (χ3v) is 4.72. The Morgan fingerprint density at radius 3 is 2.26 bits per heavy atom. The van der Waals surface area contributed by atoms with Gasteiger partial charge in [0.1, 0.15) is 5.60 Å². The number of carbonyl (C=O) groups excluding carboxylic acids is 1. The van der Waals surface area contributed by atoms with Crippen LogP contribution in [0.3, 0.4) is 0 Å². The molecule has 7 heteroatoms. The van der Waals surface area contributed by atoms with Crippen molar-refractivity contribution in [2.75, 3.05) is 6.54 Å². The molecule has 1 aromatic rings. The lowest BCUT2D eigenvalue weighted by Gasteiger charge is -2.34. The Morgan fingerprint density at radius 1 is 1.26 bits per heavy atom. The third kappa shape index (κ3) is 4.76. The molecule has 0 spiro atoms. The molecule has 2 rings (SSSR count). The van der Waals surface area contributed by atoms with E-state index in [0.717, 1.165) is 12.1 Å². The van der Waals surface area contributed by atoms with E-state index in [-0.39, 0.29) is 10.9 Å². The minimum Gasteiger partial charge on any atom is -0.458 e. The monoisotopic (exact) mass is 341 g/mol. The molecule has 0 radical (unpaired) electrons. The molecule has 6 nitrogen and oxygen atoms in total. The van der Waals surface area contributed by atoms with E-state index in [9.17, 15) is 13.2 Å². The Hall–Kier alpha value is -1.44. The van der Waals surface area contributed by atoms with E-state index in [0.29, 0.717) is 6.42 Å². The first-order valence-electron chi connectivity index (χ1n) is 7.55. The Labute approximate surface area is 137 Å². The van der Waals surface area contributed by atoms with Crippen molar-refractivity contribution in [2.24, 2.45) is 0 Å². The van der Waals surface area contributed by atoms with Gasteiger partial charge in [-0.25, -0.2) is 8.98 Å². The van der Waals surface area contributed by atoms with Gasteiger partial charge in [-0.15, -0.1) is 0 Å². The molecule has 128 valence electrons. The van der Waals surface area contributed by atoms with E-state index in [1.54, 1.807) is 32.9 Å². The van der Waals surface area contributed by atoms with Gasteiger partial charge in [0.25, 0.3) is 10.1 Å². The van der Waals surface area contributed by atoms with Gasteiger partial charge in [0.05, 0.1) is 4.90 Å². The summed E-state index contributed by atoms with van der Waals surface area (Å²) >= 11 is 0. The highest BCUT2D eigenvalue weighted by atomic mass is 32.2. The molecule has 1 saturated heterocycles. The largest absolute Gasteiger partial charge is 0.458 e. The Bertz CT molecular complexity index is 657. The first-order valence-corrected chi connectivity index (χ1v) is 8.95. The molecule has 0 saturated carbocycles. The zero-order chi connectivity index (χ0) is 17.3. The smallest absolute Gasteiger partial charge is 0.338 e. The highest BCUT2D eigenvalue weighted by Gasteiger charge is 2.40. The van der Waals surface area contributed by atoms with E-state index in [1.165, 1.54) is 12.1 Å². The topological polar surface area (TPSA) is 81.7 Å². The average molecular weight is 341 g/mol. The SMILES string of the molecule is Cc1ccc(S(=O)(=O)OC(C(=O)OC(C)(C)C)[C@@H]2CCN2)cc1. The lowest BCUT2D eigenvalue weighted by atomic mass is 10.0. The summed E-state index contributed by atoms with van der Waals surface area (Å²) in [6.45, 7) is 7.76. The predicted molar refractivity (Wildman–Crippen MR) is 85.5 cm³/mol. The van der Waals surface area contributed by atoms with Gasteiger partial charge in [0.2, 0.25) is 0 Å². The zero-order valence-electron chi connectivity index (χ0n) is 13.8. The van der Waals surface area contributed by atoms with Gasteiger partial charge in [-0.1, -0.05) is 17.7 Å². The number of esters is 1. The van der Waals surface area contributed by atoms with Crippen molar-refractivity contribution in [2.45, 2.75) is 56.8 Å². The molecule has 1 unspecified atom stereocenters. The average Bonchev–Trinajstić information content (AvgIpc) is 2.34. The summed E-state index contributed by atoms with van der Waals surface area (Å²) in [6.07, 6.45) is -0.526. The number of hydrogen-bond acceptors (Lipinski definition) is 6. The van der Waals surface area contributed by atoms with E-state index in [1.807, 2.05) is 6.92 Å². The van der Waals surface area contributed by atoms with Crippen LogP contribution in [0.1, 0.15) is 32.8 Å². The van der Waals surface area contributed by atoms with E-state index < -0.39 is 27.8 Å². The van der Waals surface area contributed by atoms with Crippen LogP contribution in [0.15, 0.2) is 29.2 Å². The van der Waals surface area contributed by atoms with Gasteiger partial charge in [-0.05, 0) is 52.8 Å². The van der Waals surface area contributed by atoms with Gasteiger partial charge in [-0.2, -0.15) is 8.42 Å². The minimum absolute atomic E-state index is 0.0241. The number of benzene rings is 1. The summed E-state index contributed by atoms with van der Waals surface area (Å²) in [5.74, 6) is -0.676. The standard InChI is InChI=1S/C16H23NO5S/c1-11-5-7-12(8-6-11)23(19,20)22-14(13-9-10-17-13)15(18)21-16(2,3)4/h5-8,13-14,17H,9-10H2,1-4H3/t13-,14?/m0/s1. The van der Waals surface area contributed by atoms with Crippen molar-refractivity contribution in [1.29, 1.82) is 0 Å². The quantitative estimate of drug-likeness (QED) is 0.649. The second-order valence-electron chi connectivity index (χ2n) is 6.67. The zero-order valence-corrected chi connectivity index (χ0v) is 14.6. The van der Waals surface area contributed by atoms with Crippen molar-refractivity contribution in [3.05, 3.63) is 29.8 Å². The van der Waals surface area contributed by atoms with Crippen molar-refractivity contribution >= 4 is 16.1 Å². The predicted octanol–water partition coefficient (Wildman–Crippen LogP) is 1.77. The molecule has 1 heterocycles. The van der Waals surface area contributed by atoms with Crippen molar-refractivity contribution < 1.29 is 22.1 Å². The number of rotatable bonds is 5. The maximum atomic E-state index is 12.4. The van der Waals surface area contributed by atoms with Gasteiger partial charge in [-0.3, -0.25) is 0 Å². The van der Waals surface area contributed by atoms with Gasteiger partial charge in [0, 0.05) is 6.04 Å². The Balaban J connectivity index is 2.20. The summed E-state index contributed by atoms with van der Waals surface area (Å²) in [5.41, 5.74) is 0.226. The molecule has 1 aliphatic rings. The van der Waals surface area contributed by atoms with Gasteiger partial charge < -0.3 is 10.1 Å².